The second-order valence-electron chi connectivity index (χ2n) is 5.02. The largest absolute Gasteiger partial charge is 0.484 e. The van der Waals surface area contributed by atoms with Gasteiger partial charge in [-0.05, 0) is 65.9 Å². The van der Waals surface area contributed by atoms with Crippen molar-refractivity contribution in [1.82, 2.24) is 19.9 Å². The molecule has 1 N–H and O–H groups in total. The monoisotopic (exact) mass is 422 g/mol. The van der Waals surface area contributed by atoms with E-state index in [1.165, 1.54) is 0 Å². The summed E-state index contributed by atoms with van der Waals surface area (Å²) in [6.45, 7) is 1.83. The smallest absolute Gasteiger partial charge is 0.258 e. The van der Waals surface area contributed by atoms with Crippen molar-refractivity contribution in [2.45, 2.75) is 13.0 Å². The fourth-order valence-electron chi connectivity index (χ4n) is 2.18. The van der Waals surface area contributed by atoms with Crippen LogP contribution in [-0.2, 0) is 4.79 Å². The Labute approximate surface area is 147 Å². The number of rotatable bonds is 5. The number of aromatic nitrogens is 3. The Hall–Kier alpha value is -2.16. The third-order valence-electron chi connectivity index (χ3n) is 3.29. The molecule has 2 heterocycles. The number of nitrogens with one attached hydrogen (secondary N) is 1. The van der Waals surface area contributed by atoms with Crippen LogP contribution in [0.4, 0.5) is 0 Å². The maximum Gasteiger partial charge on any atom is 0.258 e. The Kier molecular flexibility index (Phi) is 4.75. The van der Waals surface area contributed by atoms with Crippen LogP contribution in [0.3, 0.4) is 0 Å². The van der Waals surface area contributed by atoms with Gasteiger partial charge in [0.05, 0.1) is 6.04 Å². The highest BCUT2D eigenvalue weighted by Crippen LogP contribution is 2.14. The average molecular weight is 422 g/mol. The van der Waals surface area contributed by atoms with Crippen LogP contribution >= 0.6 is 22.6 Å². The van der Waals surface area contributed by atoms with Crippen LogP contribution < -0.4 is 10.1 Å². The molecule has 0 bridgehead atoms. The first-order chi connectivity index (χ1) is 11.1. The molecule has 0 fully saturated rings. The summed E-state index contributed by atoms with van der Waals surface area (Å²) in [5, 5.41) is 11.1. The number of hydrogen-bond acceptors (Lipinski definition) is 4. The van der Waals surface area contributed by atoms with Crippen molar-refractivity contribution in [2.75, 3.05) is 6.61 Å². The molecule has 1 aromatic carbocycles. The molecule has 23 heavy (non-hydrogen) atoms. The van der Waals surface area contributed by atoms with Crippen LogP contribution in [0.2, 0.25) is 0 Å². The van der Waals surface area contributed by atoms with Gasteiger partial charge in [0.1, 0.15) is 5.75 Å². The first kappa shape index (κ1) is 15.7. The minimum atomic E-state index is -0.264. The standard InChI is InChI=1S/C16H15IN4O2/c1-11(16-20-19-14-4-2-3-9-21(14)16)18-15(22)10-23-13-7-5-12(17)6-8-13/h2-9,11H,10H2,1H3,(H,18,22). The second-order valence-corrected chi connectivity index (χ2v) is 6.26. The van der Waals surface area contributed by atoms with Crippen molar-refractivity contribution in [3.63, 3.8) is 0 Å². The lowest BCUT2D eigenvalue weighted by Gasteiger charge is -2.13. The van der Waals surface area contributed by atoms with E-state index in [0.717, 1.165) is 9.22 Å². The van der Waals surface area contributed by atoms with Gasteiger partial charge >= 0.3 is 0 Å². The Morgan fingerprint density at radius 3 is 2.83 bits per heavy atom. The predicted molar refractivity (Wildman–Crippen MR) is 94.2 cm³/mol. The number of pyridine rings is 1. The summed E-state index contributed by atoms with van der Waals surface area (Å²) in [5.41, 5.74) is 0.749. The van der Waals surface area contributed by atoms with Gasteiger partial charge < -0.3 is 10.1 Å². The molecule has 0 aliphatic rings. The van der Waals surface area contributed by atoms with Gasteiger partial charge in [-0.1, -0.05) is 6.07 Å². The predicted octanol–water partition coefficient (Wildman–Crippen LogP) is 2.59. The Balaban J connectivity index is 1.60. The van der Waals surface area contributed by atoms with Gasteiger partial charge in [-0.15, -0.1) is 10.2 Å². The fraction of sp³-hybridized carbons (Fsp3) is 0.188. The maximum atomic E-state index is 12.0. The van der Waals surface area contributed by atoms with Gasteiger partial charge in [-0.25, -0.2) is 0 Å². The van der Waals surface area contributed by atoms with Crippen molar-refractivity contribution in [3.8, 4) is 5.75 Å². The third kappa shape index (κ3) is 3.79. The van der Waals surface area contributed by atoms with Crippen molar-refractivity contribution >= 4 is 34.1 Å². The molecule has 2 aromatic heterocycles. The number of ether oxygens (including phenoxy) is 1. The second kappa shape index (κ2) is 6.95. The lowest BCUT2D eigenvalue weighted by Crippen LogP contribution is -2.32. The van der Waals surface area contributed by atoms with Crippen LogP contribution in [0.1, 0.15) is 18.8 Å². The number of hydrogen-bond donors (Lipinski definition) is 1. The van der Waals surface area contributed by atoms with Crippen LogP contribution in [0.15, 0.2) is 48.7 Å². The molecule has 0 saturated carbocycles. The molecule has 3 rings (SSSR count). The van der Waals surface area contributed by atoms with Crippen LogP contribution in [-0.4, -0.2) is 27.1 Å². The van der Waals surface area contributed by atoms with E-state index in [1.807, 2.05) is 60.0 Å². The fourth-order valence-corrected chi connectivity index (χ4v) is 2.54. The molecule has 0 aliphatic heterocycles. The molecular weight excluding hydrogens is 407 g/mol. The SMILES string of the molecule is CC(NC(=O)COc1ccc(I)cc1)c1nnc2ccccn12. The summed E-state index contributed by atoms with van der Waals surface area (Å²) in [7, 11) is 0. The van der Waals surface area contributed by atoms with Crippen molar-refractivity contribution < 1.29 is 9.53 Å². The van der Waals surface area contributed by atoms with E-state index in [2.05, 4.69) is 38.1 Å². The van der Waals surface area contributed by atoms with E-state index in [-0.39, 0.29) is 18.6 Å². The summed E-state index contributed by atoms with van der Waals surface area (Å²) >= 11 is 2.22. The highest BCUT2D eigenvalue weighted by atomic mass is 127. The van der Waals surface area contributed by atoms with Gasteiger partial charge in [-0.2, -0.15) is 0 Å². The first-order valence-corrected chi connectivity index (χ1v) is 8.19. The summed E-state index contributed by atoms with van der Waals surface area (Å²) in [6, 6.07) is 12.9. The van der Waals surface area contributed by atoms with E-state index in [0.29, 0.717) is 11.6 Å². The van der Waals surface area contributed by atoms with Gasteiger partial charge in [0.15, 0.2) is 18.1 Å². The van der Waals surface area contributed by atoms with E-state index < -0.39 is 0 Å². The number of amides is 1. The topological polar surface area (TPSA) is 68.5 Å². The van der Waals surface area contributed by atoms with Crippen LogP contribution in [0, 0.1) is 3.57 Å². The molecule has 118 valence electrons. The molecule has 1 amide bonds. The lowest BCUT2D eigenvalue weighted by atomic mass is 10.3. The van der Waals surface area contributed by atoms with Crippen molar-refractivity contribution in [3.05, 3.63) is 58.1 Å². The number of carbonyl (C=O) groups is 1. The third-order valence-corrected chi connectivity index (χ3v) is 4.01. The summed E-state index contributed by atoms with van der Waals surface area (Å²) in [6.07, 6.45) is 1.87. The van der Waals surface area contributed by atoms with Gasteiger partial charge in [-0.3, -0.25) is 9.20 Å². The van der Waals surface area contributed by atoms with Gasteiger partial charge in [0.2, 0.25) is 0 Å². The molecule has 1 atom stereocenters. The Morgan fingerprint density at radius 2 is 2.04 bits per heavy atom. The van der Waals surface area contributed by atoms with E-state index in [9.17, 15) is 4.79 Å². The number of halogens is 1. The molecule has 0 radical (unpaired) electrons. The zero-order chi connectivity index (χ0) is 16.2. The maximum absolute atomic E-state index is 12.0. The number of benzene rings is 1. The molecule has 0 aliphatic carbocycles. The van der Waals surface area contributed by atoms with Gasteiger partial charge in [0.25, 0.3) is 5.91 Å². The molecule has 1 unspecified atom stereocenters. The minimum Gasteiger partial charge on any atom is -0.484 e. The average Bonchev–Trinajstić information content (AvgIpc) is 2.98. The van der Waals surface area contributed by atoms with Crippen molar-refractivity contribution in [2.24, 2.45) is 0 Å². The number of carbonyl (C=O) groups excluding carboxylic acids is 1. The molecule has 3 aromatic rings. The summed E-state index contributed by atoms with van der Waals surface area (Å²) in [5.74, 6) is 1.15. The molecule has 0 saturated heterocycles. The van der Waals surface area contributed by atoms with Gasteiger partial charge in [0, 0.05) is 9.77 Å². The quantitative estimate of drug-likeness (QED) is 0.642. The highest BCUT2D eigenvalue weighted by molar-refractivity contribution is 14.1. The zero-order valence-electron chi connectivity index (χ0n) is 12.4. The van der Waals surface area contributed by atoms with E-state index in [4.69, 9.17) is 4.74 Å². The Bertz CT molecular complexity index is 816. The minimum absolute atomic E-state index is 0.0400. The van der Waals surface area contributed by atoms with Crippen LogP contribution in [0.25, 0.3) is 5.65 Å². The van der Waals surface area contributed by atoms with E-state index >= 15 is 0 Å². The normalized spacial score (nSPS) is 12.1. The lowest BCUT2D eigenvalue weighted by molar-refractivity contribution is -0.123. The van der Waals surface area contributed by atoms with Crippen molar-refractivity contribution in [1.29, 1.82) is 0 Å². The number of nitrogens with zero attached hydrogens (tertiary/aromatic N) is 3. The molecule has 6 nitrogen and oxygen atoms in total. The molecular formula is C16H15IN4O2. The molecule has 0 spiro atoms. The van der Waals surface area contributed by atoms with E-state index in [1.54, 1.807) is 0 Å². The first-order valence-electron chi connectivity index (χ1n) is 7.11. The Morgan fingerprint density at radius 1 is 1.26 bits per heavy atom. The highest BCUT2D eigenvalue weighted by Gasteiger charge is 2.15. The summed E-state index contributed by atoms with van der Waals surface area (Å²) < 4.78 is 8.44. The number of fused-ring (bicyclic) bond motifs is 1. The molecule has 7 heteroatoms. The zero-order valence-corrected chi connectivity index (χ0v) is 14.6. The van der Waals surface area contributed by atoms with Crippen LogP contribution in [0.5, 0.6) is 5.75 Å². The summed E-state index contributed by atoms with van der Waals surface area (Å²) in [4.78, 5) is 12.0.